The third-order valence-electron chi connectivity index (χ3n) is 8.76. The normalized spacial score (nSPS) is 31.0. The lowest BCUT2D eigenvalue weighted by Gasteiger charge is -2.39. The number of amides is 1. The number of benzene rings is 2. The minimum absolute atomic E-state index is 0.0152. The molecule has 0 aromatic heterocycles. The van der Waals surface area contributed by atoms with Gasteiger partial charge < -0.3 is 21.1 Å². The number of rotatable bonds is 7. The lowest BCUT2D eigenvalue weighted by Crippen LogP contribution is -2.57. The van der Waals surface area contributed by atoms with Gasteiger partial charge in [0, 0.05) is 42.3 Å². The fraction of sp³-hybridized carbons (Fsp3) is 0.567. The van der Waals surface area contributed by atoms with E-state index in [4.69, 9.17) is 10.5 Å². The van der Waals surface area contributed by atoms with Gasteiger partial charge in [0.1, 0.15) is 11.6 Å². The molecule has 8 nitrogen and oxygen atoms in total. The van der Waals surface area contributed by atoms with E-state index in [9.17, 15) is 17.6 Å². The zero-order valence-corrected chi connectivity index (χ0v) is 24.4. The van der Waals surface area contributed by atoms with Crippen molar-refractivity contribution in [1.29, 1.82) is 0 Å². The predicted molar refractivity (Wildman–Crippen MR) is 154 cm³/mol. The van der Waals surface area contributed by atoms with E-state index in [0.717, 1.165) is 12.0 Å². The largest absolute Gasteiger partial charge is 0.376 e. The highest BCUT2D eigenvalue weighted by Crippen LogP contribution is 2.39. The van der Waals surface area contributed by atoms with Crippen molar-refractivity contribution >= 4 is 21.6 Å². The first-order valence-corrected chi connectivity index (χ1v) is 16.1. The van der Waals surface area contributed by atoms with E-state index in [1.807, 2.05) is 13.8 Å². The van der Waals surface area contributed by atoms with Gasteiger partial charge in [-0.2, -0.15) is 4.31 Å². The van der Waals surface area contributed by atoms with Crippen molar-refractivity contribution in [2.24, 2.45) is 11.7 Å². The second-order valence-electron chi connectivity index (χ2n) is 11.8. The van der Waals surface area contributed by atoms with Gasteiger partial charge in [0.15, 0.2) is 0 Å². The van der Waals surface area contributed by atoms with Gasteiger partial charge in [0.2, 0.25) is 15.9 Å². The van der Waals surface area contributed by atoms with E-state index in [0.29, 0.717) is 32.4 Å². The molecule has 8 atom stereocenters. The van der Waals surface area contributed by atoms with Crippen LogP contribution in [0.1, 0.15) is 56.6 Å². The van der Waals surface area contributed by atoms with Gasteiger partial charge >= 0.3 is 0 Å². The number of nitrogens with two attached hydrogens (primary N) is 1. The maximum atomic E-state index is 15.3. The monoisotopic (exact) mass is 590 g/mol. The molecule has 5 rings (SSSR count). The van der Waals surface area contributed by atoms with Crippen molar-refractivity contribution in [1.82, 2.24) is 9.62 Å². The molecule has 0 spiro atoms. The minimum atomic E-state index is -3.46. The first kappa shape index (κ1) is 30.0. The zero-order chi connectivity index (χ0) is 29.3. The van der Waals surface area contributed by atoms with Crippen molar-refractivity contribution in [3.8, 4) is 0 Å². The van der Waals surface area contributed by atoms with Gasteiger partial charge in [-0.05, 0) is 81.7 Å². The van der Waals surface area contributed by atoms with E-state index >= 15 is 4.39 Å². The van der Waals surface area contributed by atoms with Crippen LogP contribution in [-0.4, -0.2) is 67.8 Å². The number of anilines is 1. The Bertz CT molecular complexity index is 1330. The van der Waals surface area contributed by atoms with Gasteiger partial charge in [-0.1, -0.05) is 18.2 Å². The number of sulfonamides is 1. The first-order valence-electron chi connectivity index (χ1n) is 14.5. The summed E-state index contributed by atoms with van der Waals surface area (Å²) >= 11 is 0. The van der Waals surface area contributed by atoms with Crippen LogP contribution in [0.15, 0.2) is 42.5 Å². The van der Waals surface area contributed by atoms with Gasteiger partial charge in [-0.15, -0.1) is 0 Å². The van der Waals surface area contributed by atoms with Crippen LogP contribution in [0.2, 0.25) is 0 Å². The summed E-state index contributed by atoms with van der Waals surface area (Å²) in [6, 6.07) is 9.10. The minimum Gasteiger partial charge on any atom is -0.376 e. The standard InChI is InChI=1S/C30H40F2N4O4S/c1-18-13-21(14-19(2)40-18)28(20-8-10-22(31)11-9-20)29(33)30(37)35-27-7-3-6-26(32)25(27)15-24-16-34-23-5-4-12-41(38,39)36(24)17-23/h3,6-11,18-19,21,23-24,28-29,34H,4-5,12-17,33H2,1-2H3,(H,35,37)/t18-,19+,21+,23-,24?,28?,29+/m1/s1. The topological polar surface area (TPSA) is 114 Å². The SMILES string of the molecule is C[C@@H]1C[C@H](C(c2ccc(F)cc2)[C@H](N)C(=O)Nc2cccc(F)c2CC2CN[C@@H]3CCCS(=O)(=O)N2C3)C[C@H](C)O1. The third-order valence-corrected chi connectivity index (χ3v) is 10.7. The smallest absolute Gasteiger partial charge is 0.241 e. The summed E-state index contributed by atoms with van der Waals surface area (Å²) in [6.45, 7) is 4.73. The van der Waals surface area contributed by atoms with E-state index in [-0.39, 0.29) is 53.4 Å². The molecule has 3 aliphatic heterocycles. The molecule has 0 radical (unpaired) electrons. The summed E-state index contributed by atoms with van der Waals surface area (Å²) in [5.74, 6) is -1.70. The molecule has 3 saturated heterocycles. The van der Waals surface area contributed by atoms with Crippen LogP contribution in [0.3, 0.4) is 0 Å². The highest BCUT2D eigenvalue weighted by molar-refractivity contribution is 7.89. The Morgan fingerprint density at radius 1 is 1.15 bits per heavy atom. The average molecular weight is 591 g/mol. The van der Waals surface area contributed by atoms with Crippen molar-refractivity contribution in [2.45, 2.75) is 82.2 Å². The fourth-order valence-corrected chi connectivity index (χ4v) is 8.65. The predicted octanol–water partition coefficient (Wildman–Crippen LogP) is 3.53. The molecule has 11 heteroatoms. The number of nitrogens with one attached hydrogen (secondary N) is 2. The second kappa shape index (κ2) is 12.4. The van der Waals surface area contributed by atoms with E-state index in [1.165, 1.54) is 28.6 Å². The Kier molecular flexibility index (Phi) is 9.10. The summed E-state index contributed by atoms with van der Waals surface area (Å²) in [5, 5.41) is 6.26. The maximum Gasteiger partial charge on any atom is 0.241 e. The summed E-state index contributed by atoms with van der Waals surface area (Å²) in [6.07, 6.45) is 2.82. The highest BCUT2D eigenvalue weighted by atomic mass is 32.2. The molecule has 2 bridgehead atoms. The van der Waals surface area contributed by atoms with Crippen molar-refractivity contribution < 1.29 is 26.7 Å². The number of carbonyl (C=O) groups excluding carboxylic acids is 1. The Labute approximate surface area is 241 Å². The molecule has 224 valence electrons. The Morgan fingerprint density at radius 2 is 1.85 bits per heavy atom. The van der Waals surface area contributed by atoms with Crippen molar-refractivity contribution in [2.75, 3.05) is 24.2 Å². The molecule has 0 saturated carbocycles. The molecule has 3 heterocycles. The van der Waals surface area contributed by atoms with Crippen molar-refractivity contribution in [3.63, 3.8) is 0 Å². The van der Waals surface area contributed by atoms with Crippen LogP contribution in [0.4, 0.5) is 14.5 Å². The molecule has 3 unspecified atom stereocenters. The molecule has 1 amide bonds. The van der Waals surface area contributed by atoms with Crippen LogP contribution in [0.25, 0.3) is 0 Å². The summed E-state index contributed by atoms with van der Waals surface area (Å²) in [7, 11) is -3.46. The molecule has 2 aromatic carbocycles. The Hall–Kier alpha value is -2.44. The Balaban J connectivity index is 1.39. The fourth-order valence-electron chi connectivity index (χ4n) is 6.88. The maximum absolute atomic E-state index is 15.3. The number of fused-ring (bicyclic) bond motifs is 2. The van der Waals surface area contributed by atoms with E-state index < -0.39 is 39.7 Å². The Morgan fingerprint density at radius 3 is 2.56 bits per heavy atom. The van der Waals surface area contributed by atoms with Crippen molar-refractivity contribution in [3.05, 3.63) is 65.2 Å². The molecule has 2 aromatic rings. The zero-order valence-electron chi connectivity index (χ0n) is 23.6. The molecule has 4 N–H and O–H groups in total. The van der Waals surface area contributed by atoms with E-state index in [2.05, 4.69) is 10.6 Å². The number of hydrogen-bond donors (Lipinski definition) is 3. The van der Waals surface area contributed by atoms with E-state index in [1.54, 1.807) is 18.2 Å². The number of piperazine rings is 1. The first-order chi connectivity index (χ1) is 19.5. The lowest BCUT2D eigenvalue weighted by molar-refractivity contribution is -0.119. The van der Waals surface area contributed by atoms with Crippen LogP contribution < -0.4 is 16.4 Å². The number of halogens is 2. The number of hydrogen-bond acceptors (Lipinski definition) is 6. The molecule has 41 heavy (non-hydrogen) atoms. The van der Waals surface area contributed by atoms with Gasteiger partial charge in [0.25, 0.3) is 0 Å². The summed E-state index contributed by atoms with van der Waals surface area (Å²) < 4.78 is 62.4. The molecular formula is C30H40F2N4O4S. The number of carbonyl (C=O) groups is 1. The number of ether oxygens (including phenoxy) is 1. The van der Waals surface area contributed by atoms with Crippen LogP contribution in [0, 0.1) is 17.6 Å². The molecular weight excluding hydrogens is 550 g/mol. The lowest BCUT2D eigenvalue weighted by atomic mass is 9.74. The molecule has 3 fully saturated rings. The molecule has 0 aliphatic carbocycles. The van der Waals surface area contributed by atoms with Crippen LogP contribution >= 0.6 is 0 Å². The van der Waals surface area contributed by atoms with Crippen LogP contribution in [-0.2, 0) is 26.0 Å². The second-order valence-corrected chi connectivity index (χ2v) is 13.9. The van der Waals surface area contributed by atoms with Gasteiger partial charge in [0.05, 0.1) is 24.0 Å². The average Bonchev–Trinajstić information content (AvgIpc) is 3.03. The van der Waals surface area contributed by atoms with Gasteiger partial charge in [-0.25, -0.2) is 17.2 Å². The van der Waals surface area contributed by atoms with Gasteiger partial charge in [-0.3, -0.25) is 4.79 Å². The molecule has 3 aliphatic rings. The highest BCUT2D eigenvalue weighted by Gasteiger charge is 2.40. The quantitative estimate of drug-likeness (QED) is 0.455. The van der Waals surface area contributed by atoms with Crippen LogP contribution in [0.5, 0.6) is 0 Å². The number of nitrogens with zero attached hydrogens (tertiary/aromatic N) is 1. The summed E-state index contributed by atoms with van der Waals surface area (Å²) in [4.78, 5) is 13.7. The third kappa shape index (κ3) is 6.80. The summed E-state index contributed by atoms with van der Waals surface area (Å²) in [5.41, 5.74) is 7.92.